The predicted octanol–water partition coefficient (Wildman–Crippen LogP) is 11.5. The molecule has 0 aliphatic rings. The zero-order valence-electron chi connectivity index (χ0n) is 29.7. The van der Waals surface area contributed by atoms with E-state index in [4.69, 9.17) is 17.5 Å². The third-order valence-electron chi connectivity index (χ3n) is 7.83. The van der Waals surface area contributed by atoms with Crippen LogP contribution in [0.15, 0.2) is 0 Å². The fourth-order valence-electron chi connectivity index (χ4n) is 5.04. The number of rotatable bonds is 32. The highest BCUT2D eigenvalue weighted by atomic mass is 32.3. The van der Waals surface area contributed by atoms with Gasteiger partial charge in [0.15, 0.2) is 0 Å². The quantitative estimate of drug-likeness (QED) is 0.0433. The van der Waals surface area contributed by atoms with Crippen LogP contribution in [0.5, 0.6) is 0 Å². The minimum Gasteiger partial charge on any atom is -0.317 e. The van der Waals surface area contributed by atoms with E-state index in [9.17, 15) is 0 Å². The minimum absolute atomic E-state index is 1.22. The van der Waals surface area contributed by atoms with Gasteiger partial charge in [-0.3, -0.25) is 9.11 Å². The molecule has 0 aliphatic carbocycles. The van der Waals surface area contributed by atoms with Crippen molar-refractivity contribution in [3.63, 3.8) is 0 Å². The average molecular weight is 637 g/mol. The highest BCUT2D eigenvalue weighted by molar-refractivity contribution is 7.79. The molecule has 0 unspecified atom stereocenters. The Morgan fingerprint density at radius 2 is 0.488 bits per heavy atom. The maximum Gasteiger partial charge on any atom is 0.394 e. The Bertz CT molecular complexity index is 487. The van der Waals surface area contributed by atoms with Crippen LogP contribution in [-0.4, -0.2) is 43.7 Å². The van der Waals surface area contributed by atoms with Crippen LogP contribution in [0.25, 0.3) is 0 Å². The maximum absolute atomic E-state index is 8.74. The zero-order chi connectivity index (χ0) is 32.5. The SMILES string of the molecule is CCCCCCCCCCCCCCNCCCC.CCCCCCCCCCCCCCNCCCC.O=S(=O)(O)O. The molecule has 6 nitrogen and oxygen atoms in total. The van der Waals surface area contributed by atoms with Gasteiger partial charge in [0.25, 0.3) is 0 Å². The van der Waals surface area contributed by atoms with E-state index >= 15 is 0 Å². The van der Waals surface area contributed by atoms with E-state index in [0.717, 1.165) is 0 Å². The van der Waals surface area contributed by atoms with Crippen LogP contribution in [0.3, 0.4) is 0 Å². The van der Waals surface area contributed by atoms with E-state index < -0.39 is 10.4 Å². The molecule has 0 amide bonds. The summed E-state index contributed by atoms with van der Waals surface area (Å²) in [4.78, 5) is 0. The third-order valence-corrected chi connectivity index (χ3v) is 7.83. The van der Waals surface area contributed by atoms with Crippen molar-refractivity contribution >= 4 is 10.4 Å². The Balaban J connectivity index is -0.000000642. The van der Waals surface area contributed by atoms with Gasteiger partial charge in [-0.15, -0.1) is 0 Å². The van der Waals surface area contributed by atoms with Gasteiger partial charge >= 0.3 is 10.4 Å². The number of hydrogen-bond acceptors (Lipinski definition) is 4. The van der Waals surface area contributed by atoms with Gasteiger partial charge in [-0.1, -0.05) is 182 Å². The first kappa shape index (κ1) is 47.2. The lowest BCUT2D eigenvalue weighted by Gasteiger charge is -2.04. The average Bonchev–Trinajstić information content (AvgIpc) is 2.97. The van der Waals surface area contributed by atoms with E-state index in [-0.39, 0.29) is 0 Å². The van der Waals surface area contributed by atoms with Gasteiger partial charge in [-0.2, -0.15) is 8.42 Å². The zero-order valence-corrected chi connectivity index (χ0v) is 30.6. The third kappa shape index (κ3) is 65.5. The van der Waals surface area contributed by atoms with Crippen molar-refractivity contribution in [2.24, 2.45) is 0 Å². The predicted molar refractivity (Wildman–Crippen MR) is 192 cm³/mol. The number of hydrogen-bond donors (Lipinski definition) is 4. The van der Waals surface area contributed by atoms with Crippen LogP contribution < -0.4 is 10.6 Å². The molecular formula is C36H80N2O4S. The van der Waals surface area contributed by atoms with Crippen molar-refractivity contribution in [2.45, 2.75) is 207 Å². The molecule has 0 saturated heterocycles. The largest absolute Gasteiger partial charge is 0.394 e. The molecule has 43 heavy (non-hydrogen) atoms. The summed E-state index contributed by atoms with van der Waals surface area (Å²) in [5, 5.41) is 7.04. The summed E-state index contributed by atoms with van der Waals surface area (Å²) < 4.78 is 31.6. The van der Waals surface area contributed by atoms with E-state index in [0.29, 0.717) is 0 Å². The van der Waals surface area contributed by atoms with Crippen molar-refractivity contribution in [1.29, 1.82) is 0 Å². The monoisotopic (exact) mass is 637 g/mol. The first-order valence-electron chi connectivity index (χ1n) is 18.9. The number of unbranched alkanes of at least 4 members (excludes halogenated alkanes) is 24. The summed E-state index contributed by atoms with van der Waals surface area (Å²) in [6.07, 6.45) is 40.0. The molecule has 0 saturated carbocycles. The lowest BCUT2D eigenvalue weighted by Crippen LogP contribution is -2.16. The van der Waals surface area contributed by atoms with Crippen molar-refractivity contribution in [1.82, 2.24) is 10.6 Å². The molecule has 0 rings (SSSR count). The van der Waals surface area contributed by atoms with E-state index in [1.807, 2.05) is 0 Å². The second kappa shape index (κ2) is 43.9. The highest BCUT2D eigenvalue weighted by Gasteiger charge is 1.95. The highest BCUT2D eigenvalue weighted by Crippen LogP contribution is 2.13. The van der Waals surface area contributed by atoms with E-state index in [2.05, 4.69) is 38.3 Å². The molecule has 264 valence electrons. The Morgan fingerprint density at radius 3 is 0.698 bits per heavy atom. The van der Waals surface area contributed by atoms with Gasteiger partial charge < -0.3 is 10.6 Å². The van der Waals surface area contributed by atoms with Gasteiger partial charge in [0.05, 0.1) is 0 Å². The molecule has 0 radical (unpaired) electrons. The summed E-state index contributed by atoms with van der Waals surface area (Å²) in [6, 6.07) is 0. The Hall–Kier alpha value is -0.210. The molecule has 0 spiro atoms. The summed E-state index contributed by atoms with van der Waals surface area (Å²) in [5.41, 5.74) is 0. The van der Waals surface area contributed by atoms with Crippen LogP contribution in [0, 0.1) is 0 Å². The van der Waals surface area contributed by atoms with Crippen molar-refractivity contribution in [3.05, 3.63) is 0 Å². The summed E-state index contributed by atoms with van der Waals surface area (Å²) in [6.45, 7) is 14.0. The molecule has 0 heterocycles. The Kier molecular flexibility index (Phi) is 48.2. The van der Waals surface area contributed by atoms with Gasteiger partial charge in [0.1, 0.15) is 0 Å². The molecule has 0 atom stereocenters. The lowest BCUT2D eigenvalue weighted by atomic mass is 10.1. The molecule has 4 N–H and O–H groups in total. The molecule has 7 heteroatoms. The van der Waals surface area contributed by atoms with Crippen LogP contribution in [0.2, 0.25) is 0 Å². The normalized spacial score (nSPS) is 11.1. The molecule has 0 fully saturated rings. The molecule has 0 aromatic rings. The van der Waals surface area contributed by atoms with Crippen molar-refractivity contribution < 1.29 is 17.5 Å². The topological polar surface area (TPSA) is 98.7 Å². The molecule has 0 aromatic carbocycles. The smallest absolute Gasteiger partial charge is 0.317 e. The molecule has 0 aromatic heterocycles. The van der Waals surface area contributed by atoms with Gasteiger partial charge in [-0.25, -0.2) is 0 Å². The van der Waals surface area contributed by atoms with Crippen LogP contribution >= 0.6 is 0 Å². The Labute approximate surface area is 271 Å². The summed E-state index contributed by atoms with van der Waals surface area (Å²) in [7, 11) is -4.67. The second-order valence-electron chi connectivity index (χ2n) is 12.4. The maximum atomic E-state index is 8.74. The van der Waals surface area contributed by atoms with Crippen LogP contribution in [-0.2, 0) is 10.4 Å². The van der Waals surface area contributed by atoms with Gasteiger partial charge in [0, 0.05) is 0 Å². The summed E-state index contributed by atoms with van der Waals surface area (Å²) in [5.74, 6) is 0. The van der Waals surface area contributed by atoms with Gasteiger partial charge in [0.2, 0.25) is 0 Å². The van der Waals surface area contributed by atoms with E-state index in [1.54, 1.807) is 0 Å². The standard InChI is InChI=1S/2C18H39N.H2O4S/c2*1-3-5-7-8-9-10-11-12-13-14-15-16-18-19-17-6-4-2;1-5(2,3)4/h2*19H,3-18H2,1-2H3;(H2,1,2,3,4). The first-order chi connectivity index (χ1) is 20.8. The van der Waals surface area contributed by atoms with Crippen LogP contribution in [0.4, 0.5) is 0 Å². The fourth-order valence-corrected chi connectivity index (χ4v) is 5.04. The van der Waals surface area contributed by atoms with E-state index in [1.165, 1.54) is 206 Å². The number of nitrogens with one attached hydrogen (secondary N) is 2. The van der Waals surface area contributed by atoms with Crippen molar-refractivity contribution in [3.8, 4) is 0 Å². The Morgan fingerprint density at radius 1 is 0.326 bits per heavy atom. The molecule has 0 bridgehead atoms. The van der Waals surface area contributed by atoms with Crippen LogP contribution in [0.1, 0.15) is 207 Å². The van der Waals surface area contributed by atoms with Gasteiger partial charge in [-0.05, 0) is 51.9 Å². The second-order valence-corrected chi connectivity index (χ2v) is 13.3. The first-order valence-corrected chi connectivity index (χ1v) is 20.3. The fraction of sp³-hybridized carbons (Fsp3) is 1.00. The minimum atomic E-state index is -4.67. The molecule has 0 aliphatic heterocycles. The lowest BCUT2D eigenvalue weighted by molar-refractivity contribution is 0.381. The molecular weight excluding hydrogens is 556 g/mol. The summed E-state index contributed by atoms with van der Waals surface area (Å²) >= 11 is 0. The van der Waals surface area contributed by atoms with Crippen molar-refractivity contribution in [2.75, 3.05) is 26.2 Å².